The summed E-state index contributed by atoms with van der Waals surface area (Å²) in [5.74, 6) is -0.215. The van der Waals surface area contributed by atoms with E-state index < -0.39 is 12.5 Å². The number of aromatic nitrogens is 2. The number of carbonyl (C=O) groups excluding carboxylic acids is 1. The van der Waals surface area contributed by atoms with Crippen molar-refractivity contribution in [2.45, 2.75) is 19.6 Å². The number of nitrogens with one attached hydrogen (secondary N) is 5. The van der Waals surface area contributed by atoms with Crippen LogP contribution in [-0.4, -0.2) is 61.4 Å². The van der Waals surface area contributed by atoms with Gasteiger partial charge < -0.3 is 36.3 Å². The number of nitrogens with zero attached hydrogens (tertiary/aromatic N) is 3. The highest BCUT2D eigenvalue weighted by molar-refractivity contribution is 6.02. The maximum Gasteiger partial charge on any atom is 0.387 e. The zero-order chi connectivity index (χ0) is 27.9. The summed E-state index contributed by atoms with van der Waals surface area (Å²) in [5.41, 5.74) is 3.95. The highest BCUT2D eigenvalue weighted by Crippen LogP contribution is 2.40. The molecule has 0 radical (unpaired) electrons. The molecule has 1 aliphatic heterocycles. The quantitative estimate of drug-likeness (QED) is 0.190. The number of alkyl halides is 2. The first-order valence-electron chi connectivity index (χ1n) is 12.3. The third-order valence-electron chi connectivity index (χ3n) is 6.17. The normalized spacial score (nSPS) is 15.0. The third-order valence-corrected chi connectivity index (χ3v) is 6.17. The van der Waals surface area contributed by atoms with Gasteiger partial charge in [-0.2, -0.15) is 8.78 Å². The molecule has 1 fully saturated rings. The molecule has 12 heteroatoms. The zero-order valence-corrected chi connectivity index (χ0v) is 21.6. The van der Waals surface area contributed by atoms with Crippen molar-refractivity contribution < 1.29 is 18.3 Å². The zero-order valence-electron chi connectivity index (χ0n) is 21.6. The molecule has 10 nitrogen and oxygen atoms in total. The van der Waals surface area contributed by atoms with Crippen LogP contribution in [0.3, 0.4) is 0 Å². The van der Waals surface area contributed by atoms with Gasteiger partial charge in [0.15, 0.2) is 5.75 Å². The Kier molecular flexibility index (Phi) is 8.67. The number of rotatable bonds is 10. The van der Waals surface area contributed by atoms with Gasteiger partial charge in [0.25, 0.3) is 0 Å². The molecule has 1 aromatic heterocycles. The fourth-order valence-corrected chi connectivity index (χ4v) is 4.34. The van der Waals surface area contributed by atoms with Crippen molar-refractivity contribution in [2.24, 2.45) is 0 Å². The van der Waals surface area contributed by atoms with Crippen LogP contribution >= 0.6 is 0 Å². The SMILES string of the molecule is C=CC(=O)Nc1cc(Nc2cc(-c3ccc(C=N)c(NC)c3)ncn2)c(OC(F)F)cc1N1CCN[C@@H](C)C1. The van der Waals surface area contributed by atoms with Gasteiger partial charge in [-0.3, -0.25) is 4.79 Å². The van der Waals surface area contributed by atoms with E-state index in [4.69, 9.17) is 10.1 Å². The van der Waals surface area contributed by atoms with Crippen LogP contribution in [0, 0.1) is 5.41 Å². The van der Waals surface area contributed by atoms with Crippen molar-refractivity contribution >= 4 is 40.7 Å². The second kappa shape index (κ2) is 12.3. The molecule has 2 aromatic carbocycles. The number of piperazine rings is 1. The van der Waals surface area contributed by atoms with Gasteiger partial charge in [0.2, 0.25) is 5.91 Å². The summed E-state index contributed by atoms with van der Waals surface area (Å²) in [6.45, 7) is 4.38. The van der Waals surface area contributed by atoms with Crippen molar-refractivity contribution in [3.63, 3.8) is 0 Å². The van der Waals surface area contributed by atoms with Gasteiger partial charge in [0.05, 0.1) is 22.8 Å². The monoisotopic (exact) mass is 536 g/mol. The van der Waals surface area contributed by atoms with E-state index in [2.05, 4.69) is 37.8 Å². The van der Waals surface area contributed by atoms with Gasteiger partial charge in [-0.1, -0.05) is 18.7 Å². The number of anilines is 5. The smallest absolute Gasteiger partial charge is 0.387 e. The first-order chi connectivity index (χ1) is 18.8. The summed E-state index contributed by atoms with van der Waals surface area (Å²) >= 11 is 0. The van der Waals surface area contributed by atoms with Gasteiger partial charge in [-0.25, -0.2) is 9.97 Å². The van der Waals surface area contributed by atoms with Crippen molar-refractivity contribution in [1.82, 2.24) is 15.3 Å². The fourth-order valence-electron chi connectivity index (χ4n) is 4.34. The van der Waals surface area contributed by atoms with E-state index in [9.17, 15) is 13.6 Å². The summed E-state index contributed by atoms with van der Waals surface area (Å²) in [7, 11) is 1.76. The standard InChI is InChI=1S/C27H30F2N8O2/c1-4-26(38)36-21-10-22(24(39-27(28)29)12-23(21)37-8-7-32-16(2)14-37)35-25-11-20(33-15-34-25)17-5-6-18(13-30)19(9-17)31-3/h4-6,9-13,15-16,27,30-32H,1,7-8,14H2,2-3H3,(H,36,38)(H,33,34,35)/t16-/m0/s1. The van der Waals surface area contributed by atoms with Gasteiger partial charge in [0.1, 0.15) is 12.1 Å². The molecule has 1 amide bonds. The van der Waals surface area contributed by atoms with Crippen LogP contribution in [0.1, 0.15) is 12.5 Å². The molecule has 3 aromatic rings. The van der Waals surface area contributed by atoms with Crippen LogP contribution in [0.2, 0.25) is 0 Å². The van der Waals surface area contributed by atoms with E-state index in [1.54, 1.807) is 25.2 Å². The van der Waals surface area contributed by atoms with E-state index in [0.29, 0.717) is 42.5 Å². The van der Waals surface area contributed by atoms with E-state index in [0.717, 1.165) is 22.9 Å². The molecule has 0 spiro atoms. The predicted molar refractivity (Wildman–Crippen MR) is 150 cm³/mol. The van der Waals surface area contributed by atoms with Crippen molar-refractivity contribution in [3.8, 4) is 17.0 Å². The molecule has 0 aliphatic carbocycles. The van der Waals surface area contributed by atoms with Gasteiger partial charge in [0, 0.05) is 67.9 Å². The van der Waals surface area contributed by atoms with E-state index in [1.807, 2.05) is 24.0 Å². The Bertz CT molecular complexity index is 1370. The number of hydrogen-bond acceptors (Lipinski definition) is 9. The third kappa shape index (κ3) is 6.65. The van der Waals surface area contributed by atoms with Gasteiger partial charge >= 0.3 is 6.61 Å². The minimum absolute atomic E-state index is 0.101. The largest absolute Gasteiger partial charge is 0.433 e. The second-order valence-electron chi connectivity index (χ2n) is 8.85. The Labute approximate surface area is 225 Å². The first-order valence-corrected chi connectivity index (χ1v) is 12.3. The summed E-state index contributed by atoms with van der Waals surface area (Å²) in [6, 6.07) is 10.3. The Morgan fingerprint density at radius 2 is 2.05 bits per heavy atom. The topological polar surface area (TPSA) is 127 Å². The molecule has 2 heterocycles. The predicted octanol–water partition coefficient (Wildman–Crippen LogP) is 4.45. The second-order valence-corrected chi connectivity index (χ2v) is 8.85. The molecule has 39 heavy (non-hydrogen) atoms. The van der Waals surface area contributed by atoms with Crippen LogP contribution in [0.25, 0.3) is 11.3 Å². The Balaban J connectivity index is 1.74. The maximum absolute atomic E-state index is 13.5. The minimum atomic E-state index is -3.07. The molecule has 0 bridgehead atoms. The van der Waals surface area contributed by atoms with Crippen molar-refractivity contribution in [3.05, 3.63) is 60.9 Å². The van der Waals surface area contributed by atoms with Crippen LogP contribution in [-0.2, 0) is 4.79 Å². The van der Waals surface area contributed by atoms with Crippen LogP contribution in [0.4, 0.5) is 37.3 Å². The highest BCUT2D eigenvalue weighted by Gasteiger charge is 2.23. The average Bonchev–Trinajstić information content (AvgIpc) is 2.93. The van der Waals surface area contributed by atoms with E-state index in [1.165, 1.54) is 18.6 Å². The molecule has 1 atom stereocenters. The Hall–Kier alpha value is -4.58. The molecule has 1 aliphatic rings. The molecule has 5 N–H and O–H groups in total. The fraction of sp³-hybridized carbons (Fsp3) is 0.259. The summed E-state index contributed by atoms with van der Waals surface area (Å²) < 4.78 is 31.8. The lowest BCUT2D eigenvalue weighted by atomic mass is 10.1. The first kappa shape index (κ1) is 27.5. The molecule has 0 saturated carbocycles. The number of amides is 1. The van der Waals surface area contributed by atoms with Crippen LogP contribution in [0.5, 0.6) is 5.75 Å². The molecule has 4 rings (SSSR count). The molecule has 204 valence electrons. The number of hydrogen-bond donors (Lipinski definition) is 5. The number of carbonyl (C=O) groups is 1. The Morgan fingerprint density at radius 1 is 1.23 bits per heavy atom. The number of benzene rings is 2. The highest BCUT2D eigenvalue weighted by atomic mass is 19.3. The van der Waals surface area contributed by atoms with Gasteiger partial charge in [-0.15, -0.1) is 0 Å². The van der Waals surface area contributed by atoms with Crippen LogP contribution < -0.4 is 30.9 Å². The maximum atomic E-state index is 13.5. The molecule has 1 saturated heterocycles. The van der Waals surface area contributed by atoms with Crippen molar-refractivity contribution in [1.29, 1.82) is 5.41 Å². The molecular weight excluding hydrogens is 506 g/mol. The molecular formula is C27H30F2N8O2. The summed E-state index contributed by atoms with van der Waals surface area (Å²) in [6.07, 6.45) is 3.74. The number of halogens is 2. The van der Waals surface area contributed by atoms with E-state index in [-0.39, 0.29) is 17.5 Å². The number of ether oxygens (including phenoxy) is 1. The lowest BCUT2D eigenvalue weighted by molar-refractivity contribution is -0.111. The molecule has 0 unspecified atom stereocenters. The van der Waals surface area contributed by atoms with E-state index >= 15 is 0 Å². The summed E-state index contributed by atoms with van der Waals surface area (Å²) in [5, 5.41) is 19.8. The van der Waals surface area contributed by atoms with Gasteiger partial charge in [-0.05, 0) is 25.1 Å². The lowest BCUT2D eigenvalue weighted by Gasteiger charge is -2.35. The Morgan fingerprint density at radius 3 is 2.74 bits per heavy atom. The van der Waals surface area contributed by atoms with Crippen molar-refractivity contribution in [2.75, 3.05) is 47.5 Å². The van der Waals surface area contributed by atoms with Crippen LogP contribution in [0.15, 0.2) is 55.4 Å². The average molecular weight is 537 g/mol. The summed E-state index contributed by atoms with van der Waals surface area (Å²) in [4.78, 5) is 22.8. The lowest BCUT2D eigenvalue weighted by Crippen LogP contribution is -2.49. The minimum Gasteiger partial charge on any atom is -0.433 e.